The summed E-state index contributed by atoms with van der Waals surface area (Å²) >= 11 is 3.43. The first-order valence-electron chi connectivity index (χ1n) is 10.8. The number of aromatic nitrogens is 1. The molecular weight excluding hydrogens is 476 g/mol. The second kappa shape index (κ2) is 8.75. The summed E-state index contributed by atoms with van der Waals surface area (Å²) in [6, 6.07) is 26.9. The summed E-state index contributed by atoms with van der Waals surface area (Å²) in [5.41, 5.74) is 5.04. The number of hydrogen-bond donors (Lipinski definition) is 0. The quantitative estimate of drug-likeness (QED) is 0.295. The summed E-state index contributed by atoms with van der Waals surface area (Å²) in [6.07, 6.45) is 2.25. The van der Waals surface area contributed by atoms with E-state index in [1.165, 1.54) is 0 Å². The molecule has 0 unspecified atom stereocenters. The molecule has 3 aromatic carbocycles. The fourth-order valence-corrected chi connectivity index (χ4v) is 4.72. The van der Waals surface area contributed by atoms with Crippen molar-refractivity contribution >= 4 is 33.8 Å². The van der Waals surface area contributed by atoms with Crippen LogP contribution in [0.15, 0.2) is 94.4 Å². The highest BCUT2D eigenvalue weighted by atomic mass is 79.9. The zero-order valence-electron chi connectivity index (χ0n) is 18.0. The number of fused-ring (bicyclic) bond motifs is 1. The van der Waals surface area contributed by atoms with Gasteiger partial charge in [0.1, 0.15) is 5.69 Å². The van der Waals surface area contributed by atoms with E-state index in [4.69, 9.17) is 4.99 Å². The van der Waals surface area contributed by atoms with Gasteiger partial charge in [0.05, 0.1) is 12.4 Å². The number of rotatable bonds is 5. The maximum atomic E-state index is 13.8. The van der Waals surface area contributed by atoms with E-state index in [1.54, 1.807) is 25.4 Å². The van der Waals surface area contributed by atoms with Crippen LogP contribution in [0.3, 0.4) is 0 Å². The zero-order chi connectivity index (χ0) is 22.9. The molecule has 4 nitrogen and oxygen atoms in total. The minimum atomic E-state index is -0.139. The van der Waals surface area contributed by atoms with Gasteiger partial charge in [-0.05, 0) is 42.3 Å². The molecule has 33 heavy (non-hydrogen) atoms. The minimum absolute atomic E-state index is 0.0606. The Morgan fingerprint density at radius 2 is 1.55 bits per heavy atom. The SMILES string of the molecule is CC(=O)c1c(-c2ccccc2)c(C(=O)c2ccc(Br)cc2)n2c1C[C@H](c1ccccc1)N=C2. The van der Waals surface area contributed by atoms with Crippen molar-refractivity contribution in [3.63, 3.8) is 0 Å². The van der Waals surface area contributed by atoms with Gasteiger partial charge in [-0.2, -0.15) is 0 Å². The van der Waals surface area contributed by atoms with E-state index in [-0.39, 0.29) is 17.6 Å². The van der Waals surface area contributed by atoms with Crippen LogP contribution >= 0.6 is 15.9 Å². The van der Waals surface area contributed by atoms with Gasteiger partial charge < -0.3 is 4.57 Å². The molecule has 2 heterocycles. The van der Waals surface area contributed by atoms with Crippen molar-refractivity contribution in [2.24, 2.45) is 4.99 Å². The van der Waals surface area contributed by atoms with Crippen LogP contribution in [0.25, 0.3) is 11.1 Å². The summed E-state index contributed by atoms with van der Waals surface area (Å²) < 4.78 is 2.72. The van der Waals surface area contributed by atoms with Gasteiger partial charge in [0.2, 0.25) is 5.78 Å². The Hall–Kier alpha value is -3.57. The molecule has 1 aliphatic heterocycles. The third kappa shape index (κ3) is 3.89. The van der Waals surface area contributed by atoms with Gasteiger partial charge in [0.25, 0.3) is 0 Å². The second-order valence-corrected chi connectivity index (χ2v) is 8.98. The van der Waals surface area contributed by atoms with Crippen molar-refractivity contribution in [1.29, 1.82) is 0 Å². The largest absolute Gasteiger partial charge is 0.300 e. The monoisotopic (exact) mass is 496 g/mol. The fraction of sp³-hybridized carbons (Fsp3) is 0.107. The maximum Gasteiger partial charge on any atom is 0.210 e. The Kier molecular flexibility index (Phi) is 5.65. The lowest BCUT2D eigenvalue weighted by atomic mass is 9.93. The van der Waals surface area contributed by atoms with Crippen molar-refractivity contribution < 1.29 is 9.59 Å². The van der Waals surface area contributed by atoms with Gasteiger partial charge >= 0.3 is 0 Å². The topological polar surface area (TPSA) is 51.4 Å². The standard InChI is InChI=1S/C28H21BrN2O2/c1-18(32)25-24-16-23(19-8-4-2-5-9-19)30-17-31(24)27(26(25)20-10-6-3-7-11-20)28(33)21-12-14-22(29)15-13-21/h2-15,17,23H,16H2,1H3/t23-/m1/s1. The number of nitrogens with zero attached hydrogens (tertiary/aromatic N) is 2. The number of carbonyl (C=O) groups is 2. The van der Waals surface area contributed by atoms with Crippen LogP contribution in [0.1, 0.15) is 50.6 Å². The molecule has 5 rings (SSSR count). The van der Waals surface area contributed by atoms with Crippen LogP contribution in [0.2, 0.25) is 0 Å². The summed E-state index contributed by atoms with van der Waals surface area (Å²) in [7, 11) is 0. The minimum Gasteiger partial charge on any atom is -0.300 e. The number of benzene rings is 3. The van der Waals surface area contributed by atoms with Gasteiger partial charge in [-0.1, -0.05) is 76.6 Å². The lowest BCUT2D eigenvalue weighted by molar-refractivity contribution is 0.101. The first-order valence-corrected chi connectivity index (χ1v) is 11.6. The van der Waals surface area contributed by atoms with E-state index in [2.05, 4.69) is 15.9 Å². The zero-order valence-corrected chi connectivity index (χ0v) is 19.6. The molecule has 1 aliphatic rings. The number of ketones is 2. The maximum absolute atomic E-state index is 13.8. The molecule has 0 saturated carbocycles. The van der Waals surface area contributed by atoms with Crippen molar-refractivity contribution in [1.82, 2.24) is 4.57 Å². The molecule has 0 N–H and O–H groups in total. The predicted molar refractivity (Wildman–Crippen MR) is 134 cm³/mol. The van der Waals surface area contributed by atoms with Gasteiger partial charge in [-0.15, -0.1) is 0 Å². The fourth-order valence-electron chi connectivity index (χ4n) is 4.45. The Bertz CT molecular complexity index is 1370. The summed E-state index contributed by atoms with van der Waals surface area (Å²) in [5, 5.41) is 0. The van der Waals surface area contributed by atoms with Crippen LogP contribution in [0, 0.1) is 0 Å². The molecule has 0 spiro atoms. The first-order chi connectivity index (χ1) is 16.0. The van der Waals surface area contributed by atoms with Crippen LogP contribution in [0.5, 0.6) is 0 Å². The number of carbonyl (C=O) groups excluding carboxylic acids is 2. The number of aliphatic imine (C=N–C) groups is 1. The van der Waals surface area contributed by atoms with Gasteiger partial charge in [0.15, 0.2) is 5.78 Å². The van der Waals surface area contributed by atoms with Crippen molar-refractivity contribution in [3.05, 3.63) is 117 Å². The third-order valence-electron chi connectivity index (χ3n) is 5.98. The lowest BCUT2D eigenvalue weighted by Crippen LogP contribution is -2.19. The van der Waals surface area contributed by atoms with E-state index in [0.717, 1.165) is 21.3 Å². The molecule has 1 atom stereocenters. The van der Waals surface area contributed by atoms with Gasteiger partial charge in [-0.3, -0.25) is 14.6 Å². The number of Topliss-reactive ketones (excluding diaryl/α,β-unsaturated/α-hetero) is 1. The summed E-state index contributed by atoms with van der Waals surface area (Å²) in [4.78, 5) is 31.6. The van der Waals surface area contributed by atoms with Gasteiger partial charge in [0, 0.05) is 33.3 Å². The van der Waals surface area contributed by atoms with E-state index in [1.807, 2.05) is 77.4 Å². The van der Waals surface area contributed by atoms with Gasteiger partial charge in [-0.25, -0.2) is 0 Å². The van der Waals surface area contributed by atoms with Crippen LogP contribution in [0.4, 0.5) is 0 Å². The van der Waals surface area contributed by atoms with Crippen molar-refractivity contribution in [2.45, 2.75) is 19.4 Å². The summed E-state index contributed by atoms with van der Waals surface area (Å²) in [6.45, 7) is 1.57. The molecule has 0 aliphatic carbocycles. The molecule has 0 fully saturated rings. The van der Waals surface area contributed by atoms with E-state index < -0.39 is 0 Å². The lowest BCUT2D eigenvalue weighted by Gasteiger charge is -2.20. The van der Waals surface area contributed by atoms with E-state index >= 15 is 0 Å². The van der Waals surface area contributed by atoms with E-state index in [9.17, 15) is 9.59 Å². The molecule has 1 aromatic heterocycles. The number of hydrogen-bond acceptors (Lipinski definition) is 3. The first kappa shape index (κ1) is 21.3. The molecule has 5 heteroatoms. The van der Waals surface area contributed by atoms with Crippen LogP contribution in [-0.2, 0) is 6.42 Å². The highest BCUT2D eigenvalue weighted by Gasteiger charge is 2.33. The molecule has 0 bridgehead atoms. The molecule has 4 aromatic rings. The average Bonchev–Trinajstić information content (AvgIpc) is 3.20. The van der Waals surface area contributed by atoms with E-state index in [0.29, 0.717) is 28.8 Å². The third-order valence-corrected chi connectivity index (χ3v) is 6.50. The Balaban J connectivity index is 1.75. The molecule has 0 saturated heterocycles. The van der Waals surface area contributed by atoms with Crippen molar-refractivity contribution in [3.8, 4) is 11.1 Å². The Morgan fingerprint density at radius 3 is 2.18 bits per heavy atom. The number of halogens is 1. The Labute approximate surface area is 200 Å². The van der Waals surface area contributed by atoms with Crippen molar-refractivity contribution in [2.75, 3.05) is 0 Å². The van der Waals surface area contributed by atoms with Crippen LogP contribution < -0.4 is 0 Å². The summed E-state index contributed by atoms with van der Waals surface area (Å²) in [5.74, 6) is -0.200. The molecule has 0 amide bonds. The highest BCUT2D eigenvalue weighted by Crippen LogP contribution is 2.38. The van der Waals surface area contributed by atoms with Crippen LogP contribution in [-0.4, -0.2) is 22.5 Å². The highest BCUT2D eigenvalue weighted by molar-refractivity contribution is 9.10. The predicted octanol–water partition coefficient (Wildman–Crippen LogP) is 6.53. The molecule has 0 radical (unpaired) electrons. The Morgan fingerprint density at radius 1 is 0.909 bits per heavy atom. The second-order valence-electron chi connectivity index (χ2n) is 8.07. The smallest absolute Gasteiger partial charge is 0.210 e. The normalized spacial score (nSPS) is 14.7. The molecular formula is C28H21BrN2O2. The average molecular weight is 497 g/mol. The molecule has 162 valence electrons.